The summed E-state index contributed by atoms with van der Waals surface area (Å²) in [7, 11) is 2.53. The predicted molar refractivity (Wildman–Crippen MR) is 95.0 cm³/mol. The lowest BCUT2D eigenvalue weighted by Gasteiger charge is -2.23. The number of hydrogen-bond acceptors (Lipinski definition) is 4. The third-order valence-electron chi connectivity index (χ3n) is 3.10. The number of rotatable bonds is 3. The van der Waals surface area contributed by atoms with Gasteiger partial charge in [-0.3, -0.25) is 4.79 Å². The Balaban J connectivity index is 2.16. The molecule has 8 heteroatoms. The van der Waals surface area contributed by atoms with Crippen LogP contribution in [0, 0.1) is 0 Å². The summed E-state index contributed by atoms with van der Waals surface area (Å²) in [5, 5.41) is 10.7. The molecule has 5 nitrogen and oxygen atoms in total. The molecule has 0 aromatic heterocycles. The molecule has 0 amide bonds. The van der Waals surface area contributed by atoms with Crippen molar-refractivity contribution < 1.29 is 9.53 Å². The van der Waals surface area contributed by atoms with E-state index >= 15 is 0 Å². The number of anilines is 1. The third kappa shape index (κ3) is 4.53. The molecule has 0 atom stereocenters. The number of nitrogens with one attached hydrogen (secondary N) is 1. The van der Waals surface area contributed by atoms with Crippen molar-refractivity contribution in [2.24, 2.45) is 5.10 Å². The summed E-state index contributed by atoms with van der Waals surface area (Å²) in [6, 6.07) is 5.40. The second kappa shape index (κ2) is 8.26. The minimum Gasteiger partial charge on any atom is -0.469 e. The van der Waals surface area contributed by atoms with Gasteiger partial charge in [-0.25, -0.2) is 5.01 Å². The molecule has 0 saturated heterocycles. The number of halogens is 1. The maximum absolute atomic E-state index is 11.4. The standard InChI is InChI=1S/C14H16ClN3O2S2/c1-20-13(19)9-10-8-11(4-5-12(10)15)17-14(22-21)18-7-3-2-6-16-18/h4-6,8,17H,2-3,7,9H2,1H3. The lowest BCUT2D eigenvalue weighted by molar-refractivity contribution is -0.139. The zero-order chi connectivity index (χ0) is 15.9. The van der Waals surface area contributed by atoms with Crippen LogP contribution >= 0.6 is 11.6 Å². The summed E-state index contributed by atoms with van der Waals surface area (Å²) >= 11 is 11.2. The zero-order valence-corrected chi connectivity index (χ0v) is 14.4. The topological polar surface area (TPSA) is 53.9 Å². The molecule has 0 unspecified atom stereocenters. The minimum absolute atomic E-state index is 0.128. The number of nitrogens with zero attached hydrogens (tertiary/aromatic N) is 2. The second-order valence-corrected chi connectivity index (χ2v) is 6.10. The van der Waals surface area contributed by atoms with Gasteiger partial charge in [0.1, 0.15) is 0 Å². The van der Waals surface area contributed by atoms with Crippen molar-refractivity contribution in [3.05, 3.63) is 28.8 Å². The highest BCUT2D eigenvalue weighted by Gasteiger charge is 2.13. The average molecular weight is 358 g/mol. The molecule has 1 aliphatic rings. The lowest BCUT2D eigenvalue weighted by atomic mass is 10.1. The maximum atomic E-state index is 11.4. The van der Waals surface area contributed by atoms with Gasteiger partial charge in [0.15, 0.2) is 5.11 Å². The van der Waals surface area contributed by atoms with Crippen LogP contribution in [0.3, 0.4) is 0 Å². The smallest absolute Gasteiger partial charge is 0.310 e. The van der Waals surface area contributed by atoms with E-state index < -0.39 is 0 Å². The fourth-order valence-corrected chi connectivity index (χ4v) is 2.92. The lowest BCUT2D eigenvalue weighted by Crippen LogP contribution is -2.34. The van der Waals surface area contributed by atoms with Crippen molar-refractivity contribution >= 4 is 55.7 Å². The molecular formula is C14H16ClN3O2S2. The molecule has 22 heavy (non-hydrogen) atoms. The summed E-state index contributed by atoms with van der Waals surface area (Å²) in [6.07, 6.45) is 4.03. The third-order valence-corrected chi connectivity index (χ3v) is 4.41. The Morgan fingerprint density at radius 3 is 3.05 bits per heavy atom. The molecule has 118 valence electrons. The van der Waals surface area contributed by atoms with Crippen molar-refractivity contribution in [3.8, 4) is 0 Å². The van der Waals surface area contributed by atoms with E-state index in [1.54, 1.807) is 6.07 Å². The SMILES string of the molecule is COC(=O)Cc1cc(NC(=S=S)N2CCCC=N2)ccc1Cl. The summed E-state index contributed by atoms with van der Waals surface area (Å²) < 4.78 is 4.68. The van der Waals surface area contributed by atoms with E-state index in [0.717, 1.165) is 30.2 Å². The van der Waals surface area contributed by atoms with Gasteiger partial charge in [-0.15, -0.1) is 0 Å². The van der Waals surface area contributed by atoms with E-state index in [4.69, 9.17) is 22.8 Å². The molecule has 0 bridgehead atoms. The van der Waals surface area contributed by atoms with Gasteiger partial charge in [0, 0.05) is 23.5 Å². The Morgan fingerprint density at radius 2 is 2.41 bits per heavy atom. The van der Waals surface area contributed by atoms with Gasteiger partial charge in [-0.05, 0) is 57.7 Å². The number of hydrogen-bond donors (Lipinski definition) is 1. The van der Waals surface area contributed by atoms with E-state index in [9.17, 15) is 4.79 Å². The molecule has 0 radical (unpaired) electrons. The number of benzene rings is 1. The van der Waals surface area contributed by atoms with Gasteiger partial charge < -0.3 is 10.1 Å². The highest BCUT2D eigenvalue weighted by atomic mass is 35.5. The van der Waals surface area contributed by atoms with Gasteiger partial charge in [0.25, 0.3) is 0 Å². The van der Waals surface area contributed by atoms with Crippen molar-refractivity contribution in [1.29, 1.82) is 0 Å². The number of carbonyl (C=O) groups is 1. The van der Waals surface area contributed by atoms with E-state index in [0.29, 0.717) is 10.6 Å². The van der Waals surface area contributed by atoms with Gasteiger partial charge in [-0.1, -0.05) is 11.6 Å². The molecule has 0 spiro atoms. The number of carbonyl (C=O) groups excluding carboxylic acids is 1. The Morgan fingerprint density at radius 1 is 1.59 bits per heavy atom. The Labute approximate surface area is 142 Å². The van der Waals surface area contributed by atoms with Crippen LogP contribution in [0.4, 0.5) is 5.69 Å². The summed E-state index contributed by atoms with van der Waals surface area (Å²) in [4.78, 5) is 11.4. The molecule has 0 fully saturated rings. The average Bonchev–Trinajstić information content (AvgIpc) is 2.56. The summed E-state index contributed by atoms with van der Waals surface area (Å²) in [5.41, 5.74) is 1.51. The van der Waals surface area contributed by atoms with Crippen LogP contribution in [0.25, 0.3) is 0 Å². The molecule has 1 aromatic rings. The minimum atomic E-state index is -0.332. The van der Waals surface area contributed by atoms with E-state index in [-0.39, 0.29) is 12.4 Å². The molecule has 2 rings (SSSR count). The van der Waals surface area contributed by atoms with E-state index in [1.807, 2.05) is 23.4 Å². The van der Waals surface area contributed by atoms with Crippen LogP contribution in [0.2, 0.25) is 5.02 Å². The molecule has 0 aliphatic carbocycles. The van der Waals surface area contributed by atoms with E-state index in [2.05, 4.69) is 15.2 Å². The van der Waals surface area contributed by atoms with Gasteiger partial charge >= 0.3 is 5.97 Å². The Kier molecular flexibility index (Phi) is 6.35. The molecular weight excluding hydrogens is 342 g/mol. The highest BCUT2D eigenvalue weighted by molar-refractivity contribution is 8.17. The van der Waals surface area contributed by atoms with Crippen molar-refractivity contribution in [2.75, 3.05) is 19.0 Å². The number of hydrazone groups is 1. The Hall–Kier alpha value is -1.44. The fourth-order valence-electron chi connectivity index (χ4n) is 1.97. The predicted octanol–water partition coefficient (Wildman–Crippen LogP) is 2.18. The molecule has 0 saturated carbocycles. The largest absolute Gasteiger partial charge is 0.469 e. The Bertz CT molecular complexity index is 645. The maximum Gasteiger partial charge on any atom is 0.310 e. The fraction of sp³-hybridized carbons (Fsp3) is 0.357. The number of esters is 1. The highest BCUT2D eigenvalue weighted by Crippen LogP contribution is 2.22. The van der Waals surface area contributed by atoms with Gasteiger partial charge in [-0.2, -0.15) is 5.10 Å². The van der Waals surface area contributed by atoms with Crippen molar-refractivity contribution in [1.82, 2.24) is 5.01 Å². The monoisotopic (exact) mass is 357 g/mol. The zero-order valence-electron chi connectivity index (χ0n) is 12.0. The van der Waals surface area contributed by atoms with Gasteiger partial charge in [0.2, 0.25) is 0 Å². The molecule has 1 heterocycles. The van der Waals surface area contributed by atoms with Crippen molar-refractivity contribution in [3.63, 3.8) is 0 Å². The van der Waals surface area contributed by atoms with Crippen LogP contribution < -0.4 is 5.32 Å². The van der Waals surface area contributed by atoms with Crippen LogP contribution in [0.5, 0.6) is 0 Å². The van der Waals surface area contributed by atoms with Crippen molar-refractivity contribution in [2.45, 2.75) is 19.3 Å². The molecule has 1 N–H and O–H groups in total. The van der Waals surface area contributed by atoms with Gasteiger partial charge in [0.05, 0.1) is 13.5 Å². The van der Waals surface area contributed by atoms with Crippen LogP contribution in [0.15, 0.2) is 23.3 Å². The first-order valence-electron chi connectivity index (χ1n) is 6.73. The second-order valence-electron chi connectivity index (χ2n) is 4.64. The first-order valence-corrected chi connectivity index (χ1v) is 8.85. The normalized spacial score (nSPS) is 13.6. The van der Waals surface area contributed by atoms with Crippen LogP contribution in [0.1, 0.15) is 18.4 Å². The molecule has 1 aliphatic heterocycles. The van der Waals surface area contributed by atoms with E-state index in [1.165, 1.54) is 17.0 Å². The van der Waals surface area contributed by atoms with Crippen LogP contribution in [-0.2, 0) is 37.1 Å². The summed E-state index contributed by atoms with van der Waals surface area (Å²) in [5.74, 6) is -0.332. The molecule has 1 aromatic carbocycles. The first kappa shape index (κ1) is 16.9. The number of ether oxygens (including phenoxy) is 1. The summed E-state index contributed by atoms with van der Waals surface area (Å²) in [6.45, 7) is 0.824. The van der Waals surface area contributed by atoms with Crippen LogP contribution in [-0.4, -0.2) is 36.0 Å². The quantitative estimate of drug-likeness (QED) is 0.663. The number of methoxy groups -OCH3 is 1. The first-order chi connectivity index (χ1) is 10.6.